The number of nitrogens with two attached hydrogens (primary N) is 1. The van der Waals surface area contributed by atoms with Crippen LogP contribution in [0.3, 0.4) is 0 Å². The molecule has 0 bridgehead atoms. The van der Waals surface area contributed by atoms with Crippen LogP contribution in [0.25, 0.3) is 0 Å². The Morgan fingerprint density at radius 1 is 1.53 bits per heavy atom. The van der Waals surface area contributed by atoms with Crippen LogP contribution in [0.2, 0.25) is 0 Å². The number of ether oxygens (including phenoxy) is 1. The van der Waals surface area contributed by atoms with Crippen LogP contribution in [-0.2, 0) is 11.2 Å². The molecule has 17 heavy (non-hydrogen) atoms. The van der Waals surface area contributed by atoms with E-state index < -0.39 is 11.5 Å². The zero-order valence-corrected chi connectivity index (χ0v) is 10.5. The second-order valence-electron chi connectivity index (χ2n) is 3.91. The van der Waals surface area contributed by atoms with Crippen molar-refractivity contribution in [1.82, 2.24) is 0 Å². The number of carboxylic acid groups (broad SMARTS) is 1. The van der Waals surface area contributed by atoms with Crippen molar-refractivity contribution in [3.05, 3.63) is 23.8 Å². The summed E-state index contributed by atoms with van der Waals surface area (Å²) in [7, 11) is 1.44. The predicted molar refractivity (Wildman–Crippen MR) is 65.8 cm³/mol. The minimum absolute atomic E-state index is 0. The van der Waals surface area contributed by atoms with E-state index in [-0.39, 0.29) is 24.6 Å². The molecule has 0 saturated carbocycles. The minimum Gasteiger partial charge on any atom is -0.504 e. The fourth-order valence-electron chi connectivity index (χ4n) is 1.35. The summed E-state index contributed by atoms with van der Waals surface area (Å²) in [5.74, 6) is -0.762. The van der Waals surface area contributed by atoms with Gasteiger partial charge < -0.3 is 20.7 Å². The van der Waals surface area contributed by atoms with Crippen LogP contribution in [0.15, 0.2) is 18.2 Å². The molecular formula is C11H16ClNO4. The zero-order chi connectivity index (χ0) is 12.3. The van der Waals surface area contributed by atoms with Gasteiger partial charge in [-0.3, -0.25) is 4.79 Å². The van der Waals surface area contributed by atoms with Crippen molar-refractivity contribution in [2.75, 3.05) is 7.11 Å². The average Bonchev–Trinajstić information content (AvgIpc) is 2.17. The molecule has 0 aromatic heterocycles. The van der Waals surface area contributed by atoms with E-state index in [1.165, 1.54) is 20.1 Å². The van der Waals surface area contributed by atoms with Crippen LogP contribution in [0.5, 0.6) is 11.5 Å². The number of carboxylic acids is 1. The molecule has 1 atom stereocenters. The molecule has 0 amide bonds. The number of benzene rings is 1. The first-order chi connectivity index (χ1) is 7.36. The highest BCUT2D eigenvalue weighted by Gasteiger charge is 2.28. The fourth-order valence-corrected chi connectivity index (χ4v) is 1.35. The second-order valence-corrected chi connectivity index (χ2v) is 3.91. The first-order valence-electron chi connectivity index (χ1n) is 4.75. The molecule has 6 heteroatoms. The highest BCUT2D eigenvalue weighted by atomic mass is 35.5. The molecule has 0 aliphatic carbocycles. The highest BCUT2D eigenvalue weighted by molar-refractivity contribution is 5.85. The van der Waals surface area contributed by atoms with Gasteiger partial charge >= 0.3 is 5.97 Å². The Labute approximate surface area is 106 Å². The Morgan fingerprint density at radius 3 is 2.53 bits per heavy atom. The summed E-state index contributed by atoms with van der Waals surface area (Å²) in [5.41, 5.74) is 4.90. The lowest BCUT2D eigenvalue weighted by atomic mass is 9.94. The summed E-state index contributed by atoms with van der Waals surface area (Å²) in [5, 5.41) is 18.4. The van der Waals surface area contributed by atoms with Crippen molar-refractivity contribution in [3.63, 3.8) is 0 Å². The van der Waals surface area contributed by atoms with E-state index in [9.17, 15) is 9.90 Å². The average molecular weight is 262 g/mol. The Balaban J connectivity index is 0.00000256. The topological polar surface area (TPSA) is 92.8 Å². The monoisotopic (exact) mass is 261 g/mol. The molecule has 5 nitrogen and oxygen atoms in total. The van der Waals surface area contributed by atoms with Crippen molar-refractivity contribution < 1.29 is 19.7 Å². The maximum atomic E-state index is 10.8. The summed E-state index contributed by atoms with van der Waals surface area (Å²) in [6, 6.07) is 4.70. The summed E-state index contributed by atoms with van der Waals surface area (Å²) < 4.78 is 4.88. The SMILES string of the molecule is COc1ccc(C[C@](C)(N)C(=O)O)cc1O.Cl. The Hall–Kier alpha value is -1.46. The third-order valence-corrected chi connectivity index (χ3v) is 2.30. The van der Waals surface area contributed by atoms with Gasteiger partial charge in [-0.1, -0.05) is 6.07 Å². The fraction of sp³-hybridized carbons (Fsp3) is 0.364. The summed E-state index contributed by atoms with van der Waals surface area (Å²) in [4.78, 5) is 10.8. The van der Waals surface area contributed by atoms with Crippen LogP contribution in [0, 0.1) is 0 Å². The summed E-state index contributed by atoms with van der Waals surface area (Å²) in [6.45, 7) is 1.43. The van der Waals surface area contributed by atoms with E-state index in [2.05, 4.69) is 0 Å². The summed E-state index contributed by atoms with van der Waals surface area (Å²) in [6.07, 6.45) is 0.139. The Bertz CT molecular complexity index is 406. The van der Waals surface area contributed by atoms with Gasteiger partial charge in [0, 0.05) is 6.42 Å². The van der Waals surface area contributed by atoms with Gasteiger partial charge in [-0.2, -0.15) is 0 Å². The number of halogens is 1. The quantitative estimate of drug-likeness (QED) is 0.757. The number of carbonyl (C=O) groups is 1. The molecule has 1 aromatic rings. The molecule has 96 valence electrons. The third kappa shape index (κ3) is 3.80. The number of aromatic hydroxyl groups is 1. The lowest BCUT2D eigenvalue weighted by Gasteiger charge is -2.19. The molecular weight excluding hydrogens is 246 g/mol. The van der Waals surface area contributed by atoms with Crippen LogP contribution >= 0.6 is 12.4 Å². The summed E-state index contributed by atoms with van der Waals surface area (Å²) >= 11 is 0. The number of aliphatic carboxylic acids is 1. The van der Waals surface area contributed by atoms with E-state index in [1.807, 2.05) is 0 Å². The molecule has 0 unspecified atom stereocenters. The zero-order valence-electron chi connectivity index (χ0n) is 9.64. The number of phenols is 1. The standard InChI is InChI=1S/C11H15NO4.ClH/c1-11(12,10(14)15)6-7-3-4-9(16-2)8(13)5-7;/h3-5,13H,6,12H2,1-2H3,(H,14,15);1H/t11-;/m0./s1. The van der Waals surface area contributed by atoms with Gasteiger partial charge in [0.25, 0.3) is 0 Å². The van der Waals surface area contributed by atoms with Crippen molar-refractivity contribution in [3.8, 4) is 11.5 Å². The van der Waals surface area contributed by atoms with E-state index >= 15 is 0 Å². The second kappa shape index (κ2) is 5.75. The largest absolute Gasteiger partial charge is 0.504 e. The molecule has 0 spiro atoms. The van der Waals surface area contributed by atoms with Gasteiger partial charge in [0.15, 0.2) is 11.5 Å². The number of phenolic OH excluding ortho intramolecular Hbond substituents is 1. The van der Waals surface area contributed by atoms with Crippen molar-refractivity contribution in [2.24, 2.45) is 5.73 Å². The lowest BCUT2D eigenvalue weighted by molar-refractivity contribution is -0.142. The van der Waals surface area contributed by atoms with Gasteiger partial charge in [0.2, 0.25) is 0 Å². The van der Waals surface area contributed by atoms with Crippen molar-refractivity contribution >= 4 is 18.4 Å². The number of rotatable bonds is 4. The van der Waals surface area contributed by atoms with Crippen LogP contribution in [-0.4, -0.2) is 28.8 Å². The maximum Gasteiger partial charge on any atom is 0.323 e. The Morgan fingerprint density at radius 2 is 2.12 bits per heavy atom. The van der Waals surface area contributed by atoms with Gasteiger partial charge in [-0.15, -0.1) is 12.4 Å². The normalized spacial score (nSPS) is 13.4. The molecule has 1 rings (SSSR count). The molecule has 0 heterocycles. The highest BCUT2D eigenvalue weighted by Crippen LogP contribution is 2.27. The van der Waals surface area contributed by atoms with Gasteiger partial charge in [0.05, 0.1) is 7.11 Å². The van der Waals surface area contributed by atoms with Gasteiger partial charge in [-0.05, 0) is 24.6 Å². The van der Waals surface area contributed by atoms with E-state index in [0.717, 1.165) is 0 Å². The van der Waals surface area contributed by atoms with Gasteiger partial charge in [-0.25, -0.2) is 0 Å². The van der Waals surface area contributed by atoms with E-state index in [4.69, 9.17) is 15.6 Å². The molecule has 4 N–H and O–H groups in total. The molecule has 0 saturated heterocycles. The molecule has 0 aliphatic heterocycles. The first-order valence-corrected chi connectivity index (χ1v) is 4.75. The van der Waals surface area contributed by atoms with Crippen molar-refractivity contribution in [2.45, 2.75) is 18.9 Å². The number of hydrogen-bond donors (Lipinski definition) is 3. The lowest BCUT2D eigenvalue weighted by Crippen LogP contribution is -2.46. The van der Waals surface area contributed by atoms with Crippen LogP contribution in [0.1, 0.15) is 12.5 Å². The maximum absolute atomic E-state index is 10.8. The third-order valence-electron chi connectivity index (χ3n) is 2.30. The smallest absolute Gasteiger partial charge is 0.323 e. The Kier molecular flexibility index (Phi) is 5.25. The van der Waals surface area contributed by atoms with Crippen LogP contribution < -0.4 is 10.5 Å². The van der Waals surface area contributed by atoms with Crippen molar-refractivity contribution in [1.29, 1.82) is 0 Å². The van der Waals surface area contributed by atoms with E-state index in [1.54, 1.807) is 12.1 Å². The minimum atomic E-state index is -1.35. The van der Waals surface area contributed by atoms with Gasteiger partial charge in [0.1, 0.15) is 5.54 Å². The molecule has 0 fully saturated rings. The van der Waals surface area contributed by atoms with E-state index in [0.29, 0.717) is 11.3 Å². The molecule has 0 aliphatic rings. The first kappa shape index (κ1) is 15.5. The molecule has 0 radical (unpaired) electrons. The number of hydrogen-bond acceptors (Lipinski definition) is 4. The predicted octanol–water partition coefficient (Wildman–Crippen LogP) is 1.17. The molecule has 1 aromatic carbocycles. The van der Waals surface area contributed by atoms with Crippen LogP contribution in [0.4, 0.5) is 0 Å². The number of methoxy groups -OCH3 is 1.